The van der Waals surface area contributed by atoms with Crippen LogP contribution in [0.2, 0.25) is 0 Å². The molecule has 0 radical (unpaired) electrons. The second kappa shape index (κ2) is 6.76. The molecule has 1 atom stereocenters. The van der Waals surface area contributed by atoms with E-state index in [1.165, 1.54) is 6.07 Å². The Bertz CT molecular complexity index is 632. The van der Waals surface area contributed by atoms with Crippen LogP contribution < -0.4 is 9.47 Å². The van der Waals surface area contributed by atoms with Gasteiger partial charge < -0.3 is 9.47 Å². The molecule has 0 bridgehead atoms. The number of benzene rings is 2. The molecule has 0 saturated carbocycles. The molecule has 0 aliphatic carbocycles. The molecule has 1 unspecified atom stereocenters. The lowest BCUT2D eigenvalue weighted by Gasteiger charge is -2.15. The molecule has 0 saturated heterocycles. The lowest BCUT2D eigenvalue weighted by atomic mass is 10.0. The Hall–Kier alpha value is -1.81. The monoisotopic (exact) mass is 312 g/mol. The number of hydrogen-bond acceptors (Lipinski definition) is 2. The van der Waals surface area contributed by atoms with Crippen molar-refractivity contribution >= 4 is 11.6 Å². The lowest BCUT2D eigenvalue weighted by molar-refractivity contribution is 0.398. The van der Waals surface area contributed by atoms with E-state index in [-0.39, 0.29) is 0 Å². The zero-order valence-corrected chi connectivity index (χ0v) is 12.5. The van der Waals surface area contributed by atoms with E-state index in [2.05, 4.69) is 0 Å². The maximum absolute atomic E-state index is 13.2. The number of alkyl halides is 1. The molecule has 21 heavy (non-hydrogen) atoms. The largest absolute Gasteiger partial charge is 0.497 e. The minimum atomic E-state index is -0.881. The van der Waals surface area contributed by atoms with Crippen molar-refractivity contribution in [3.63, 3.8) is 0 Å². The van der Waals surface area contributed by atoms with E-state index >= 15 is 0 Å². The number of ether oxygens (including phenoxy) is 2. The van der Waals surface area contributed by atoms with Crippen molar-refractivity contribution in [3.05, 3.63) is 59.2 Å². The first kappa shape index (κ1) is 15.6. The van der Waals surface area contributed by atoms with Crippen molar-refractivity contribution in [2.75, 3.05) is 14.2 Å². The molecule has 0 aromatic heterocycles. The Balaban J connectivity index is 2.26. The first-order valence-electron chi connectivity index (χ1n) is 6.35. The molecule has 2 nitrogen and oxygen atoms in total. The Morgan fingerprint density at radius 3 is 2.38 bits per heavy atom. The summed E-state index contributed by atoms with van der Waals surface area (Å²) in [5.74, 6) is -0.474. The van der Waals surface area contributed by atoms with Crippen LogP contribution >= 0.6 is 11.6 Å². The highest BCUT2D eigenvalue weighted by atomic mass is 35.5. The molecule has 2 aromatic carbocycles. The van der Waals surface area contributed by atoms with Gasteiger partial charge in [-0.25, -0.2) is 8.78 Å². The van der Waals surface area contributed by atoms with Gasteiger partial charge in [0.1, 0.15) is 11.5 Å². The zero-order valence-electron chi connectivity index (χ0n) is 11.7. The van der Waals surface area contributed by atoms with Crippen molar-refractivity contribution in [1.82, 2.24) is 0 Å². The summed E-state index contributed by atoms with van der Waals surface area (Å²) in [6.45, 7) is 0. The average molecular weight is 313 g/mol. The third-order valence-electron chi connectivity index (χ3n) is 3.17. The maximum atomic E-state index is 13.2. The van der Waals surface area contributed by atoms with Gasteiger partial charge in [-0.15, -0.1) is 11.6 Å². The van der Waals surface area contributed by atoms with Gasteiger partial charge in [0.2, 0.25) is 0 Å². The molecule has 0 fully saturated rings. The van der Waals surface area contributed by atoms with Crippen LogP contribution in [0.15, 0.2) is 36.4 Å². The van der Waals surface area contributed by atoms with Crippen LogP contribution in [0.4, 0.5) is 8.78 Å². The van der Waals surface area contributed by atoms with Gasteiger partial charge in [0, 0.05) is 5.56 Å². The smallest absolute Gasteiger partial charge is 0.159 e. The SMILES string of the molecule is COc1ccc(OC)c(C(Cl)Cc2ccc(F)c(F)c2)c1. The summed E-state index contributed by atoms with van der Waals surface area (Å²) in [6.07, 6.45) is 0.349. The molecule has 5 heteroatoms. The number of methoxy groups -OCH3 is 2. The predicted molar refractivity (Wildman–Crippen MR) is 78.2 cm³/mol. The van der Waals surface area contributed by atoms with Crippen LogP contribution in [0.25, 0.3) is 0 Å². The van der Waals surface area contributed by atoms with E-state index in [1.54, 1.807) is 32.4 Å². The van der Waals surface area contributed by atoms with Gasteiger partial charge in [-0.2, -0.15) is 0 Å². The van der Waals surface area contributed by atoms with Crippen molar-refractivity contribution in [2.24, 2.45) is 0 Å². The molecule has 2 aromatic rings. The first-order chi connectivity index (χ1) is 10.0. The van der Waals surface area contributed by atoms with Gasteiger partial charge >= 0.3 is 0 Å². The topological polar surface area (TPSA) is 18.5 Å². The van der Waals surface area contributed by atoms with Crippen LogP contribution in [0.1, 0.15) is 16.5 Å². The molecule has 0 aliphatic heterocycles. The fourth-order valence-electron chi connectivity index (χ4n) is 2.07. The lowest BCUT2D eigenvalue weighted by Crippen LogP contribution is -2.01. The summed E-state index contributed by atoms with van der Waals surface area (Å²) in [6, 6.07) is 9.06. The van der Waals surface area contributed by atoms with Crippen molar-refractivity contribution < 1.29 is 18.3 Å². The first-order valence-corrected chi connectivity index (χ1v) is 6.78. The van der Waals surface area contributed by atoms with Crippen molar-refractivity contribution in [3.8, 4) is 11.5 Å². The number of halogens is 3. The second-order valence-electron chi connectivity index (χ2n) is 4.53. The molecule has 0 heterocycles. The number of rotatable bonds is 5. The predicted octanol–water partition coefficient (Wildman–Crippen LogP) is 4.50. The van der Waals surface area contributed by atoms with Gasteiger partial charge in [-0.3, -0.25) is 0 Å². The Kier molecular flexibility index (Phi) is 5.02. The second-order valence-corrected chi connectivity index (χ2v) is 5.05. The van der Waals surface area contributed by atoms with Crippen molar-refractivity contribution in [1.29, 1.82) is 0 Å². The normalized spacial score (nSPS) is 12.0. The molecular formula is C16H15ClF2O2. The molecular weight excluding hydrogens is 298 g/mol. The van der Waals surface area contributed by atoms with Crippen LogP contribution in [0.3, 0.4) is 0 Å². The van der Waals surface area contributed by atoms with E-state index in [9.17, 15) is 8.78 Å². The molecule has 0 aliphatic rings. The molecule has 0 amide bonds. The fourth-order valence-corrected chi connectivity index (χ4v) is 2.42. The maximum Gasteiger partial charge on any atom is 0.159 e. The minimum absolute atomic E-state index is 0.349. The highest BCUT2D eigenvalue weighted by Crippen LogP contribution is 2.35. The van der Waals surface area contributed by atoms with Crippen LogP contribution in [0, 0.1) is 11.6 Å². The summed E-state index contributed by atoms with van der Waals surface area (Å²) in [7, 11) is 3.11. The van der Waals surface area contributed by atoms with Gasteiger partial charge in [-0.05, 0) is 42.3 Å². The van der Waals surface area contributed by atoms with Gasteiger partial charge in [-0.1, -0.05) is 6.07 Å². The van der Waals surface area contributed by atoms with E-state index in [1.807, 2.05) is 0 Å². The Morgan fingerprint density at radius 1 is 1.00 bits per heavy atom. The summed E-state index contributed by atoms with van der Waals surface area (Å²) < 4.78 is 36.6. The number of hydrogen-bond donors (Lipinski definition) is 0. The van der Waals surface area contributed by atoms with E-state index in [4.69, 9.17) is 21.1 Å². The molecule has 0 N–H and O–H groups in total. The summed E-state index contributed by atoms with van der Waals surface area (Å²) >= 11 is 6.39. The van der Waals surface area contributed by atoms with E-state index in [0.717, 1.165) is 17.7 Å². The Labute approximate surface area is 127 Å². The summed E-state index contributed by atoms with van der Waals surface area (Å²) in [4.78, 5) is 0. The van der Waals surface area contributed by atoms with Gasteiger partial charge in [0.25, 0.3) is 0 Å². The van der Waals surface area contributed by atoms with Crippen molar-refractivity contribution in [2.45, 2.75) is 11.8 Å². The average Bonchev–Trinajstić information content (AvgIpc) is 2.50. The molecule has 2 rings (SSSR count). The third-order valence-corrected chi connectivity index (χ3v) is 3.56. The standard InChI is InChI=1S/C16H15ClF2O2/c1-20-11-4-6-16(21-2)12(9-11)13(17)7-10-3-5-14(18)15(19)8-10/h3-6,8-9,13H,7H2,1-2H3. The summed E-state index contributed by atoms with van der Waals surface area (Å²) in [5.41, 5.74) is 1.35. The Morgan fingerprint density at radius 2 is 1.76 bits per heavy atom. The highest BCUT2D eigenvalue weighted by molar-refractivity contribution is 6.21. The highest BCUT2D eigenvalue weighted by Gasteiger charge is 2.16. The minimum Gasteiger partial charge on any atom is -0.497 e. The van der Waals surface area contributed by atoms with Gasteiger partial charge in [0.05, 0.1) is 19.6 Å². The van der Waals surface area contributed by atoms with Crippen LogP contribution in [0.5, 0.6) is 11.5 Å². The van der Waals surface area contributed by atoms with Crippen LogP contribution in [-0.4, -0.2) is 14.2 Å². The molecule has 0 spiro atoms. The van der Waals surface area contributed by atoms with Crippen LogP contribution in [-0.2, 0) is 6.42 Å². The summed E-state index contributed by atoms with van der Waals surface area (Å²) in [5, 5.41) is -0.445. The fraction of sp³-hybridized carbons (Fsp3) is 0.250. The van der Waals surface area contributed by atoms with E-state index < -0.39 is 17.0 Å². The molecule has 112 valence electrons. The zero-order chi connectivity index (χ0) is 15.4. The quantitative estimate of drug-likeness (QED) is 0.757. The third kappa shape index (κ3) is 3.64. The van der Waals surface area contributed by atoms with Gasteiger partial charge in [0.15, 0.2) is 11.6 Å². The van der Waals surface area contributed by atoms with E-state index in [0.29, 0.717) is 23.5 Å².